The molecule has 0 aliphatic heterocycles. The van der Waals surface area contributed by atoms with Crippen LogP contribution in [0.25, 0.3) is 0 Å². The molecule has 0 aromatic carbocycles. The van der Waals surface area contributed by atoms with Crippen LogP contribution in [-0.4, -0.2) is 32.2 Å². The molecule has 2 rings (SSSR count). The van der Waals surface area contributed by atoms with Crippen LogP contribution in [0.2, 0.25) is 0 Å². The third-order valence-corrected chi connectivity index (χ3v) is 5.34. The van der Waals surface area contributed by atoms with Crippen LogP contribution in [0.4, 0.5) is 0 Å². The molecule has 0 amide bonds. The molecule has 2 unspecified atom stereocenters. The number of hydrogen-bond donors (Lipinski definition) is 2. The Bertz CT molecular complexity index is 532. The van der Waals surface area contributed by atoms with Gasteiger partial charge in [0.1, 0.15) is 0 Å². The molecule has 1 heterocycles. The number of nitrogens with zero attached hydrogens (tertiary/aromatic N) is 1. The van der Waals surface area contributed by atoms with Gasteiger partial charge in [-0.2, -0.15) is 0 Å². The van der Waals surface area contributed by atoms with E-state index in [1.165, 1.54) is 0 Å². The monoisotopic (exact) mass is 301 g/mol. The van der Waals surface area contributed by atoms with Gasteiger partial charge in [-0.25, -0.2) is 13.1 Å². The van der Waals surface area contributed by atoms with Crippen LogP contribution < -0.4 is 10.5 Å². The molecule has 3 N–H and O–H groups in total. The fourth-order valence-corrected chi connectivity index (χ4v) is 4.11. The van der Waals surface area contributed by atoms with Crippen molar-refractivity contribution in [2.75, 3.05) is 7.11 Å². The standard InChI is InChI=1S/C13H23N3O3S/c1-3-16-9-11(7-10(16)8-14)20(17,18)15-12-5-4-6-13(12)19-2/h7,9,12-13,15H,3-6,8,14H2,1-2H3. The third kappa shape index (κ3) is 3.06. The predicted octanol–water partition coefficient (Wildman–Crippen LogP) is 0.812. The van der Waals surface area contributed by atoms with Gasteiger partial charge < -0.3 is 15.0 Å². The average molecular weight is 301 g/mol. The predicted molar refractivity (Wildman–Crippen MR) is 76.8 cm³/mol. The topological polar surface area (TPSA) is 86.3 Å². The minimum Gasteiger partial charge on any atom is -0.380 e. The van der Waals surface area contributed by atoms with E-state index in [9.17, 15) is 8.42 Å². The van der Waals surface area contributed by atoms with Crippen LogP contribution in [0.15, 0.2) is 17.2 Å². The Morgan fingerprint density at radius 1 is 1.50 bits per heavy atom. The summed E-state index contributed by atoms with van der Waals surface area (Å²) in [7, 11) is -1.89. The number of aryl methyl sites for hydroxylation is 1. The molecule has 0 spiro atoms. The van der Waals surface area contributed by atoms with E-state index < -0.39 is 10.0 Å². The maximum absolute atomic E-state index is 12.4. The molecule has 1 fully saturated rings. The van der Waals surface area contributed by atoms with Crippen LogP contribution in [0.1, 0.15) is 31.9 Å². The summed E-state index contributed by atoms with van der Waals surface area (Å²) in [5, 5.41) is 0. The molecule has 0 radical (unpaired) electrons. The highest BCUT2D eigenvalue weighted by Crippen LogP contribution is 2.24. The van der Waals surface area contributed by atoms with Gasteiger partial charge in [0.15, 0.2) is 0 Å². The van der Waals surface area contributed by atoms with E-state index in [1.807, 2.05) is 11.5 Å². The second-order valence-electron chi connectivity index (χ2n) is 5.09. The summed E-state index contributed by atoms with van der Waals surface area (Å²) in [6, 6.07) is 1.50. The van der Waals surface area contributed by atoms with Crippen molar-refractivity contribution >= 4 is 10.0 Å². The van der Waals surface area contributed by atoms with Gasteiger partial charge >= 0.3 is 0 Å². The first-order valence-corrected chi connectivity index (χ1v) is 8.44. The molecule has 0 bridgehead atoms. The van der Waals surface area contributed by atoms with E-state index in [1.54, 1.807) is 19.4 Å². The zero-order valence-corrected chi connectivity index (χ0v) is 12.8. The lowest BCUT2D eigenvalue weighted by Gasteiger charge is -2.19. The number of nitrogens with one attached hydrogen (secondary N) is 1. The van der Waals surface area contributed by atoms with Crippen LogP contribution in [-0.2, 0) is 27.8 Å². The molecule has 1 aromatic rings. The van der Waals surface area contributed by atoms with Crippen molar-refractivity contribution in [2.45, 2.75) is 56.3 Å². The minimum absolute atomic E-state index is 0.0352. The number of nitrogens with two attached hydrogens (primary N) is 1. The maximum atomic E-state index is 12.4. The zero-order chi connectivity index (χ0) is 14.8. The van der Waals surface area contributed by atoms with Gasteiger partial charge in [0.05, 0.1) is 11.0 Å². The van der Waals surface area contributed by atoms with E-state index in [0.29, 0.717) is 13.1 Å². The first-order chi connectivity index (χ1) is 9.51. The largest absolute Gasteiger partial charge is 0.380 e. The van der Waals surface area contributed by atoms with E-state index >= 15 is 0 Å². The van der Waals surface area contributed by atoms with Crippen LogP contribution >= 0.6 is 0 Å². The molecule has 1 aliphatic carbocycles. The van der Waals surface area contributed by atoms with Crippen molar-refractivity contribution in [1.29, 1.82) is 0 Å². The van der Waals surface area contributed by atoms with Gasteiger partial charge in [-0.15, -0.1) is 0 Å². The molecular weight excluding hydrogens is 278 g/mol. The lowest BCUT2D eigenvalue weighted by Crippen LogP contribution is -2.40. The van der Waals surface area contributed by atoms with Crippen molar-refractivity contribution in [3.8, 4) is 0 Å². The fourth-order valence-electron chi connectivity index (χ4n) is 2.75. The molecule has 6 nitrogen and oxygen atoms in total. The van der Waals surface area contributed by atoms with Crippen molar-refractivity contribution in [1.82, 2.24) is 9.29 Å². The zero-order valence-electron chi connectivity index (χ0n) is 12.0. The Morgan fingerprint density at radius 2 is 2.25 bits per heavy atom. The van der Waals surface area contributed by atoms with Gasteiger partial charge in [-0.1, -0.05) is 0 Å². The summed E-state index contributed by atoms with van der Waals surface area (Å²) >= 11 is 0. The first-order valence-electron chi connectivity index (χ1n) is 6.96. The fraction of sp³-hybridized carbons (Fsp3) is 0.692. The molecule has 1 saturated carbocycles. The van der Waals surface area contributed by atoms with Crippen molar-refractivity contribution in [3.63, 3.8) is 0 Å². The molecule has 20 heavy (non-hydrogen) atoms. The van der Waals surface area contributed by atoms with Gasteiger partial charge in [0.2, 0.25) is 10.0 Å². The number of sulfonamides is 1. The first kappa shape index (κ1) is 15.5. The molecule has 0 saturated heterocycles. The Kier molecular flexibility index (Phi) is 4.85. The molecule has 1 aromatic heterocycles. The number of methoxy groups -OCH3 is 1. The summed E-state index contributed by atoms with van der Waals surface area (Å²) in [6.45, 7) is 2.99. The summed E-state index contributed by atoms with van der Waals surface area (Å²) in [6.07, 6.45) is 4.30. The molecule has 1 aliphatic rings. The highest BCUT2D eigenvalue weighted by atomic mass is 32.2. The Balaban J connectivity index is 2.20. The number of hydrogen-bond acceptors (Lipinski definition) is 4. The van der Waals surface area contributed by atoms with Gasteiger partial charge in [0, 0.05) is 38.1 Å². The van der Waals surface area contributed by atoms with E-state index in [2.05, 4.69) is 4.72 Å². The summed E-state index contributed by atoms with van der Waals surface area (Å²) in [4.78, 5) is 0.279. The smallest absolute Gasteiger partial charge is 0.242 e. The van der Waals surface area contributed by atoms with Crippen molar-refractivity contribution < 1.29 is 13.2 Å². The van der Waals surface area contributed by atoms with Crippen LogP contribution in [0.3, 0.4) is 0 Å². The summed E-state index contributed by atoms with van der Waals surface area (Å²) < 4.78 is 34.8. The number of rotatable bonds is 6. The molecule has 114 valence electrons. The van der Waals surface area contributed by atoms with Crippen LogP contribution in [0, 0.1) is 0 Å². The maximum Gasteiger partial charge on any atom is 0.242 e. The Hall–Kier alpha value is -0.890. The lowest BCUT2D eigenvalue weighted by molar-refractivity contribution is 0.0916. The SMILES string of the molecule is CCn1cc(S(=O)(=O)NC2CCCC2OC)cc1CN. The molecular formula is C13H23N3O3S. The second kappa shape index (κ2) is 6.26. The molecule has 7 heteroatoms. The second-order valence-corrected chi connectivity index (χ2v) is 6.80. The summed E-state index contributed by atoms with van der Waals surface area (Å²) in [5.74, 6) is 0. The average Bonchev–Trinajstić information content (AvgIpc) is 3.03. The molecule has 2 atom stereocenters. The van der Waals surface area contributed by atoms with Gasteiger partial charge in [-0.3, -0.25) is 0 Å². The summed E-state index contributed by atoms with van der Waals surface area (Å²) in [5.41, 5.74) is 6.46. The van der Waals surface area contributed by atoms with Crippen molar-refractivity contribution in [2.24, 2.45) is 5.73 Å². The Labute approximate surface area is 120 Å². The van der Waals surface area contributed by atoms with E-state index in [4.69, 9.17) is 10.5 Å². The highest BCUT2D eigenvalue weighted by Gasteiger charge is 2.31. The van der Waals surface area contributed by atoms with Gasteiger partial charge in [0.25, 0.3) is 0 Å². The van der Waals surface area contributed by atoms with Crippen molar-refractivity contribution in [3.05, 3.63) is 18.0 Å². The van der Waals surface area contributed by atoms with E-state index in [-0.39, 0.29) is 17.0 Å². The van der Waals surface area contributed by atoms with Gasteiger partial charge in [-0.05, 0) is 32.3 Å². The normalized spacial score (nSPS) is 23.4. The number of aromatic nitrogens is 1. The van der Waals surface area contributed by atoms with Crippen LogP contribution in [0.5, 0.6) is 0 Å². The minimum atomic E-state index is -3.51. The Morgan fingerprint density at radius 3 is 2.80 bits per heavy atom. The quantitative estimate of drug-likeness (QED) is 0.814. The number of ether oxygens (including phenoxy) is 1. The van der Waals surface area contributed by atoms with E-state index in [0.717, 1.165) is 25.0 Å². The third-order valence-electron chi connectivity index (χ3n) is 3.88. The highest BCUT2D eigenvalue weighted by molar-refractivity contribution is 7.89. The lowest BCUT2D eigenvalue weighted by atomic mass is 10.2.